The highest BCUT2D eigenvalue weighted by atomic mass is 32.2. The quantitative estimate of drug-likeness (QED) is 0.431. The number of anilines is 3. The summed E-state index contributed by atoms with van der Waals surface area (Å²) in [5, 5.41) is 5.06. The molecule has 0 aliphatic heterocycles. The molecule has 2 heterocycles. The van der Waals surface area contributed by atoms with E-state index in [1.807, 2.05) is 19.2 Å². The van der Waals surface area contributed by atoms with Crippen LogP contribution in [-0.2, 0) is 0 Å². The van der Waals surface area contributed by atoms with E-state index in [-0.39, 0.29) is 0 Å². The number of nitrogens with one attached hydrogen (secondary N) is 1. The summed E-state index contributed by atoms with van der Waals surface area (Å²) in [4.78, 5) is 17.0. The lowest BCUT2D eigenvalue weighted by Crippen LogP contribution is -2.02. The molecule has 20 heavy (non-hydrogen) atoms. The van der Waals surface area contributed by atoms with Gasteiger partial charge in [0.25, 0.3) is 0 Å². The van der Waals surface area contributed by atoms with E-state index in [0.717, 1.165) is 17.4 Å². The minimum absolute atomic E-state index is 0.339. The maximum absolute atomic E-state index is 5.65. The zero-order chi connectivity index (χ0) is 14.5. The van der Waals surface area contributed by atoms with Crippen LogP contribution < -0.4 is 16.8 Å². The highest BCUT2D eigenvalue weighted by Crippen LogP contribution is 2.27. The van der Waals surface area contributed by atoms with Crippen molar-refractivity contribution in [2.24, 2.45) is 0 Å². The number of rotatable bonds is 5. The standard InChI is InChI=1S/C11H15N7S2/c1-3-14-8-5-9(18-10(17-8)19-2)20-11-15-6(12)4-7(13)16-11/h4-5H,3H2,1-2H3,(H,14,17,18)(H4,12,13,15,16). The molecular formula is C11H15N7S2. The summed E-state index contributed by atoms with van der Waals surface area (Å²) in [5.41, 5.74) is 11.3. The van der Waals surface area contributed by atoms with Gasteiger partial charge >= 0.3 is 0 Å². The molecule has 0 aliphatic rings. The molecular weight excluding hydrogens is 294 g/mol. The fourth-order valence-electron chi connectivity index (χ4n) is 1.42. The molecule has 9 heteroatoms. The topological polar surface area (TPSA) is 116 Å². The summed E-state index contributed by atoms with van der Waals surface area (Å²) < 4.78 is 0. The molecule has 0 bridgehead atoms. The van der Waals surface area contributed by atoms with Crippen LogP contribution in [0.4, 0.5) is 17.5 Å². The number of thioether (sulfide) groups is 1. The van der Waals surface area contributed by atoms with Gasteiger partial charge in [-0.2, -0.15) is 0 Å². The molecule has 2 rings (SSSR count). The zero-order valence-electron chi connectivity index (χ0n) is 11.1. The minimum Gasteiger partial charge on any atom is -0.383 e. The molecule has 0 unspecified atom stereocenters. The van der Waals surface area contributed by atoms with Crippen LogP contribution in [0.25, 0.3) is 0 Å². The van der Waals surface area contributed by atoms with Crippen LogP contribution in [-0.4, -0.2) is 32.7 Å². The van der Waals surface area contributed by atoms with Gasteiger partial charge in [0.1, 0.15) is 22.5 Å². The Morgan fingerprint density at radius 1 is 1.05 bits per heavy atom. The third kappa shape index (κ3) is 3.87. The van der Waals surface area contributed by atoms with Gasteiger partial charge in [0.2, 0.25) is 0 Å². The molecule has 0 amide bonds. The molecule has 0 aliphatic carbocycles. The van der Waals surface area contributed by atoms with Crippen LogP contribution in [0.2, 0.25) is 0 Å². The summed E-state index contributed by atoms with van der Waals surface area (Å²) in [6.45, 7) is 2.80. The highest BCUT2D eigenvalue weighted by Gasteiger charge is 2.08. The van der Waals surface area contributed by atoms with Gasteiger partial charge in [0.05, 0.1) is 0 Å². The Balaban J connectivity index is 2.29. The first-order chi connectivity index (χ1) is 9.60. The molecule has 2 aromatic rings. The fraction of sp³-hybridized carbons (Fsp3) is 0.273. The van der Waals surface area contributed by atoms with Gasteiger partial charge in [-0.15, -0.1) is 0 Å². The highest BCUT2D eigenvalue weighted by molar-refractivity contribution is 7.99. The van der Waals surface area contributed by atoms with Crippen molar-refractivity contribution < 1.29 is 0 Å². The predicted octanol–water partition coefficient (Wildman–Crippen LogP) is 1.74. The number of hydrogen-bond acceptors (Lipinski definition) is 9. The molecule has 0 radical (unpaired) electrons. The van der Waals surface area contributed by atoms with E-state index in [0.29, 0.717) is 21.9 Å². The van der Waals surface area contributed by atoms with Crippen molar-refractivity contribution in [1.82, 2.24) is 19.9 Å². The zero-order valence-corrected chi connectivity index (χ0v) is 12.8. The van der Waals surface area contributed by atoms with E-state index >= 15 is 0 Å². The SMILES string of the molecule is CCNc1cc(Sc2nc(N)cc(N)n2)nc(SC)n1. The van der Waals surface area contributed by atoms with Crippen LogP contribution in [0.5, 0.6) is 0 Å². The molecule has 0 saturated carbocycles. The van der Waals surface area contributed by atoms with Crippen molar-refractivity contribution in [2.75, 3.05) is 29.6 Å². The first kappa shape index (κ1) is 14.7. The smallest absolute Gasteiger partial charge is 0.197 e. The van der Waals surface area contributed by atoms with Gasteiger partial charge in [0.15, 0.2) is 10.3 Å². The number of nitrogen functional groups attached to an aromatic ring is 2. The predicted molar refractivity (Wildman–Crippen MR) is 83.0 cm³/mol. The summed E-state index contributed by atoms with van der Waals surface area (Å²) >= 11 is 2.77. The van der Waals surface area contributed by atoms with Gasteiger partial charge in [-0.25, -0.2) is 19.9 Å². The second-order valence-electron chi connectivity index (χ2n) is 3.71. The molecule has 0 saturated heterocycles. The molecule has 0 fully saturated rings. The molecule has 5 N–H and O–H groups in total. The molecule has 2 aromatic heterocycles. The monoisotopic (exact) mass is 309 g/mol. The number of nitrogens with two attached hydrogens (primary N) is 2. The fourth-order valence-corrected chi connectivity index (χ4v) is 2.65. The Morgan fingerprint density at radius 3 is 2.35 bits per heavy atom. The van der Waals surface area contributed by atoms with E-state index in [9.17, 15) is 0 Å². The molecule has 0 aromatic carbocycles. The average molecular weight is 309 g/mol. The average Bonchev–Trinajstić information content (AvgIpc) is 2.37. The van der Waals surface area contributed by atoms with Gasteiger partial charge < -0.3 is 16.8 Å². The van der Waals surface area contributed by atoms with E-state index < -0.39 is 0 Å². The van der Waals surface area contributed by atoms with Gasteiger partial charge in [-0.3, -0.25) is 0 Å². The van der Waals surface area contributed by atoms with Crippen molar-refractivity contribution in [3.8, 4) is 0 Å². The van der Waals surface area contributed by atoms with Crippen LogP contribution >= 0.6 is 23.5 Å². The minimum atomic E-state index is 0.339. The third-order valence-electron chi connectivity index (χ3n) is 2.16. The number of nitrogens with zero attached hydrogens (tertiary/aromatic N) is 4. The van der Waals surface area contributed by atoms with E-state index in [2.05, 4.69) is 25.3 Å². The lowest BCUT2D eigenvalue weighted by Gasteiger charge is -2.07. The van der Waals surface area contributed by atoms with Crippen LogP contribution in [0.1, 0.15) is 6.92 Å². The van der Waals surface area contributed by atoms with Crippen molar-refractivity contribution >= 4 is 41.0 Å². The second-order valence-corrected chi connectivity index (χ2v) is 5.47. The molecule has 0 atom stereocenters. The summed E-state index contributed by atoms with van der Waals surface area (Å²) in [7, 11) is 0. The molecule has 106 valence electrons. The van der Waals surface area contributed by atoms with Crippen LogP contribution in [0.15, 0.2) is 27.5 Å². The Hall–Kier alpha value is -1.74. The maximum Gasteiger partial charge on any atom is 0.197 e. The first-order valence-electron chi connectivity index (χ1n) is 5.85. The van der Waals surface area contributed by atoms with Crippen molar-refractivity contribution in [3.05, 3.63) is 12.1 Å². The van der Waals surface area contributed by atoms with E-state index in [4.69, 9.17) is 11.5 Å². The first-order valence-corrected chi connectivity index (χ1v) is 7.89. The van der Waals surface area contributed by atoms with Crippen LogP contribution in [0, 0.1) is 0 Å². The molecule has 7 nitrogen and oxygen atoms in total. The Labute approximate surface area is 125 Å². The van der Waals surface area contributed by atoms with Crippen LogP contribution in [0.3, 0.4) is 0 Å². The summed E-state index contributed by atoms with van der Waals surface area (Å²) in [6, 6.07) is 3.36. The van der Waals surface area contributed by atoms with Gasteiger partial charge in [-0.1, -0.05) is 11.8 Å². The van der Waals surface area contributed by atoms with E-state index in [1.165, 1.54) is 29.6 Å². The number of hydrogen-bond donors (Lipinski definition) is 3. The second kappa shape index (κ2) is 6.62. The van der Waals surface area contributed by atoms with Crippen molar-refractivity contribution in [3.63, 3.8) is 0 Å². The van der Waals surface area contributed by atoms with Crippen molar-refractivity contribution in [2.45, 2.75) is 22.3 Å². The van der Waals surface area contributed by atoms with Gasteiger partial charge in [0, 0.05) is 18.7 Å². The van der Waals surface area contributed by atoms with Gasteiger partial charge in [-0.05, 0) is 24.9 Å². The largest absolute Gasteiger partial charge is 0.383 e. The lowest BCUT2D eigenvalue weighted by atomic mass is 10.5. The Morgan fingerprint density at radius 2 is 1.75 bits per heavy atom. The normalized spacial score (nSPS) is 10.5. The summed E-state index contributed by atoms with van der Waals surface area (Å²) in [6.07, 6.45) is 1.93. The third-order valence-corrected chi connectivity index (χ3v) is 3.49. The summed E-state index contributed by atoms with van der Waals surface area (Å²) in [5.74, 6) is 1.45. The molecule has 0 spiro atoms. The van der Waals surface area contributed by atoms with Crippen molar-refractivity contribution in [1.29, 1.82) is 0 Å². The lowest BCUT2D eigenvalue weighted by molar-refractivity contribution is 0.884. The van der Waals surface area contributed by atoms with E-state index in [1.54, 1.807) is 0 Å². The Bertz CT molecular complexity index is 585. The number of aromatic nitrogens is 4. The Kier molecular flexibility index (Phi) is 4.85. The maximum atomic E-state index is 5.65.